The van der Waals surface area contributed by atoms with Crippen molar-refractivity contribution < 1.29 is 14.3 Å². The van der Waals surface area contributed by atoms with Gasteiger partial charge in [0.05, 0.1) is 12.8 Å². The van der Waals surface area contributed by atoms with Crippen molar-refractivity contribution in [1.82, 2.24) is 0 Å². The molecule has 0 saturated heterocycles. The van der Waals surface area contributed by atoms with E-state index in [9.17, 15) is 4.79 Å². The van der Waals surface area contributed by atoms with E-state index in [2.05, 4.69) is 26.1 Å². The Labute approximate surface area is 143 Å². The van der Waals surface area contributed by atoms with E-state index in [1.54, 1.807) is 7.11 Å². The molecule has 0 saturated carbocycles. The molecule has 1 N–H and O–H groups in total. The molecule has 0 heterocycles. The minimum absolute atomic E-state index is 0.0488. The average molecular weight is 327 g/mol. The van der Waals surface area contributed by atoms with E-state index in [-0.39, 0.29) is 17.9 Å². The second kappa shape index (κ2) is 7.39. The Morgan fingerprint density at radius 3 is 2.46 bits per heavy atom. The maximum atomic E-state index is 12.2. The van der Waals surface area contributed by atoms with Gasteiger partial charge >= 0.3 is 0 Å². The molecule has 0 radical (unpaired) electrons. The number of benzene rings is 2. The van der Waals surface area contributed by atoms with Crippen LogP contribution in [0.5, 0.6) is 11.5 Å². The van der Waals surface area contributed by atoms with Crippen molar-refractivity contribution in [2.75, 3.05) is 19.0 Å². The first-order valence-corrected chi connectivity index (χ1v) is 7.98. The fourth-order valence-corrected chi connectivity index (χ4v) is 2.46. The number of nitrogens with one attached hydrogen (secondary N) is 1. The zero-order chi connectivity index (χ0) is 17.7. The van der Waals surface area contributed by atoms with Gasteiger partial charge in [-0.05, 0) is 41.7 Å². The minimum Gasteiger partial charge on any atom is -0.495 e. The van der Waals surface area contributed by atoms with Gasteiger partial charge in [0, 0.05) is 0 Å². The number of rotatable bonds is 5. The van der Waals surface area contributed by atoms with E-state index in [4.69, 9.17) is 9.47 Å². The SMILES string of the molecule is COc1ccc(C)cc1NC(=O)COc1ccccc1C(C)(C)C. The number of carbonyl (C=O) groups excluding carboxylic acids is 1. The molecule has 0 aromatic heterocycles. The van der Waals surface area contributed by atoms with Crippen molar-refractivity contribution in [3.63, 3.8) is 0 Å². The smallest absolute Gasteiger partial charge is 0.262 e. The number of anilines is 1. The van der Waals surface area contributed by atoms with Gasteiger partial charge in [0.15, 0.2) is 6.61 Å². The van der Waals surface area contributed by atoms with Crippen molar-refractivity contribution >= 4 is 11.6 Å². The number of aryl methyl sites for hydroxylation is 1. The van der Waals surface area contributed by atoms with Crippen LogP contribution in [0.1, 0.15) is 31.9 Å². The highest BCUT2D eigenvalue weighted by molar-refractivity contribution is 5.93. The Bertz CT molecular complexity index is 717. The highest BCUT2D eigenvalue weighted by atomic mass is 16.5. The van der Waals surface area contributed by atoms with Crippen LogP contribution in [0.4, 0.5) is 5.69 Å². The number of amides is 1. The van der Waals surface area contributed by atoms with Gasteiger partial charge < -0.3 is 14.8 Å². The quantitative estimate of drug-likeness (QED) is 0.890. The third-order valence-electron chi connectivity index (χ3n) is 3.68. The summed E-state index contributed by atoms with van der Waals surface area (Å²) in [5.41, 5.74) is 2.72. The second-order valence-electron chi connectivity index (χ2n) is 6.79. The average Bonchev–Trinajstić information content (AvgIpc) is 2.52. The molecule has 0 atom stereocenters. The molecular formula is C20H25NO3. The second-order valence-corrected chi connectivity index (χ2v) is 6.79. The summed E-state index contributed by atoms with van der Waals surface area (Å²) in [5, 5.41) is 2.84. The molecule has 0 aliphatic heterocycles. The first kappa shape index (κ1) is 17.9. The number of carbonyl (C=O) groups is 1. The van der Waals surface area contributed by atoms with E-state index in [0.29, 0.717) is 11.4 Å². The van der Waals surface area contributed by atoms with Gasteiger partial charge in [0.25, 0.3) is 5.91 Å². The van der Waals surface area contributed by atoms with Crippen molar-refractivity contribution in [1.29, 1.82) is 0 Å². The first-order valence-electron chi connectivity index (χ1n) is 7.98. The van der Waals surface area contributed by atoms with Gasteiger partial charge in [-0.1, -0.05) is 45.0 Å². The number of ether oxygens (including phenoxy) is 2. The van der Waals surface area contributed by atoms with Crippen LogP contribution < -0.4 is 14.8 Å². The van der Waals surface area contributed by atoms with Crippen LogP contribution in [0.25, 0.3) is 0 Å². The van der Waals surface area contributed by atoms with E-state index in [0.717, 1.165) is 16.9 Å². The van der Waals surface area contributed by atoms with Crippen LogP contribution in [0.2, 0.25) is 0 Å². The Hall–Kier alpha value is -2.49. The molecule has 128 valence electrons. The summed E-state index contributed by atoms with van der Waals surface area (Å²) in [5.74, 6) is 1.14. The summed E-state index contributed by atoms with van der Waals surface area (Å²) in [7, 11) is 1.58. The lowest BCUT2D eigenvalue weighted by Gasteiger charge is -2.22. The fourth-order valence-electron chi connectivity index (χ4n) is 2.46. The van der Waals surface area contributed by atoms with E-state index >= 15 is 0 Å². The largest absolute Gasteiger partial charge is 0.495 e. The minimum atomic E-state index is -0.220. The van der Waals surface area contributed by atoms with E-state index < -0.39 is 0 Å². The Morgan fingerprint density at radius 2 is 1.79 bits per heavy atom. The van der Waals surface area contributed by atoms with Crippen LogP contribution >= 0.6 is 0 Å². The lowest BCUT2D eigenvalue weighted by Crippen LogP contribution is -2.22. The van der Waals surface area contributed by atoms with Crippen LogP contribution in [-0.2, 0) is 10.2 Å². The van der Waals surface area contributed by atoms with Crippen molar-refractivity contribution in [3.8, 4) is 11.5 Å². The van der Waals surface area contributed by atoms with Gasteiger partial charge in [-0.2, -0.15) is 0 Å². The molecule has 0 unspecified atom stereocenters. The highest BCUT2D eigenvalue weighted by Crippen LogP contribution is 2.31. The monoisotopic (exact) mass is 327 g/mol. The number of hydrogen-bond acceptors (Lipinski definition) is 3. The molecule has 24 heavy (non-hydrogen) atoms. The molecule has 2 rings (SSSR count). The predicted octanol–water partition coefficient (Wildman–Crippen LogP) is 4.32. The predicted molar refractivity (Wildman–Crippen MR) is 97.0 cm³/mol. The Morgan fingerprint density at radius 1 is 1.08 bits per heavy atom. The van der Waals surface area contributed by atoms with Crippen molar-refractivity contribution in [3.05, 3.63) is 53.6 Å². The standard InChI is InChI=1S/C20H25NO3/c1-14-10-11-18(23-5)16(12-14)21-19(22)13-24-17-9-7-6-8-15(17)20(2,3)4/h6-12H,13H2,1-5H3,(H,21,22). The molecular weight excluding hydrogens is 302 g/mol. The molecule has 1 amide bonds. The van der Waals surface area contributed by atoms with E-state index in [1.165, 1.54) is 0 Å². The van der Waals surface area contributed by atoms with Crippen LogP contribution in [0.15, 0.2) is 42.5 Å². The van der Waals surface area contributed by atoms with Gasteiger partial charge in [0.1, 0.15) is 11.5 Å². The normalized spacial score (nSPS) is 11.0. The molecule has 2 aromatic carbocycles. The summed E-state index contributed by atoms with van der Waals surface area (Å²) >= 11 is 0. The highest BCUT2D eigenvalue weighted by Gasteiger charge is 2.19. The van der Waals surface area contributed by atoms with Gasteiger partial charge in [-0.25, -0.2) is 0 Å². The summed E-state index contributed by atoms with van der Waals surface area (Å²) in [6.45, 7) is 8.27. The molecule has 2 aromatic rings. The Balaban J connectivity index is 2.06. The van der Waals surface area contributed by atoms with E-state index in [1.807, 2.05) is 49.4 Å². The summed E-state index contributed by atoms with van der Waals surface area (Å²) in [6.07, 6.45) is 0. The zero-order valence-corrected chi connectivity index (χ0v) is 15.0. The molecule has 0 aliphatic rings. The molecule has 4 heteroatoms. The van der Waals surface area contributed by atoms with Gasteiger partial charge in [-0.3, -0.25) is 4.79 Å². The van der Waals surface area contributed by atoms with Gasteiger partial charge in [-0.15, -0.1) is 0 Å². The molecule has 0 spiro atoms. The van der Waals surface area contributed by atoms with Gasteiger partial charge in [0.2, 0.25) is 0 Å². The number of hydrogen-bond donors (Lipinski definition) is 1. The summed E-state index contributed by atoms with van der Waals surface area (Å²) in [6, 6.07) is 13.4. The summed E-state index contributed by atoms with van der Waals surface area (Å²) in [4.78, 5) is 12.2. The maximum Gasteiger partial charge on any atom is 0.262 e. The molecule has 0 bridgehead atoms. The molecule has 0 fully saturated rings. The lowest BCUT2D eigenvalue weighted by atomic mass is 9.86. The molecule has 0 aliphatic carbocycles. The van der Waals surface area contributed by atoms with Crippen LogP contribution in [0.3, 0.4) is 0 Å². The van der Waals surface area contributed by atoms with Crippen LogP contribution in [-0.4, -0.2) is 19.6 Å². The maximum absolute atomic E-state index is 12.2. The molecule has 4 nitrogen and oxygen atoms in total. The third-order valence-corrected chi connectivity index (χ3v) is 3.68. The number of methoxy groups -OCH3 is 1. The van der Waals surface area contributed by atoms with Crippen molar-refractivity contribution in [2.45, 2.75) is 33.1 Å². The topological polar surface area (TPSA) is 47.6 Å². The first-order chi connectivity index (χ1) is 11.3. The zero-order valence-electron chi connectivity index (χ0n) is 15.0. The number of para-hydroxylation sites is 1. The fraction of sp³-hybridized carbons (Fsp3) is 0.350. The third kappa shape index (κ3) is 4.51. The van der Waals surface area contributed by atoms with Crippen molar-refractivity contribution in [2.24, 2.45) is 0 Å². The van der Waals surface area contributed by atoms with Crippen LogP contribution in [0, 0.1) is 6.92 Å². The lowest BCUT2D eigenvalue weighted by molar-refractivity contribution is -0.118. The summed E-state index contributed by atoms with van der Waals surface area (Å²) < 4.78 is 11.0. The Kier molecular flexibility index (Phi) is 5.50.